The maximum atomic E-state index is 13.1. The van der Waals surface area contributed by atoms with Crippen LogP contribution in [0.5, 0.6) is 0 Å². The van der Waals surface area contributed by atoms with Crippen molar-refractivity contribution >= 4 is 39.3 Å². The van der Waals surface area contributed by atoms with Gasteiger partial charge in [0.05, 0.1) is 15.5 Å². The first-order chi connectivity index (χ1) is 10.0. The molecule has 0 spiro atoms. The molecule has 1 unspecified atom stereocenters. The van der Waals surface area contributed by atoms with E-state index in [1.807, 2.05) is 6.26 Å². The number of halogens is 3. The molecule has 112 valence electrons. The largest absolute Gasteiger partial charge is 0.306 e. The first-order valence-corrected chi connectivity index (χ1v) is 8.91. The molecule has 0 aliphatic carbocycles. The maximum Gasteiger partial charge on any atom is 0.265 e. The molecule has 0 aliphatic heterocycles. The molecule has 1 heterocycles. The van der Waals surface area contributed by atoms with E-state index in [1.165, 1.54) is 12.1 Å². The molecule has 1 aromatic heterocycles. The fraction of sp³-hybridized carbons (Fsp3) is 0.267. The van der Waals surface area contributed by atoms with Crippen LogP contribution >= 0.6 is 39.3 Å². The molecule has 0 saturated carbocycles. The van der Waals surface area contributed by atoms with Crippen LogP contribution in [0.1, 0.15) is 18.0 Å². The van der Waals surface area contributed by atoms with E-state index in [9.17, 15) is 9.18 Å². The zero-order valence-electron chi connectivity index (χ0n) is 11.4. The van der Waals surface area contributed by atoms with Gasteiger partial charge in [0.2, 0.25) is 0 Å². The fourth-order valence-corrected chi connectivity index (χ4v) is 3.40. The summed E-state index contributed by atoms with van der Waals surface area (Å²) < 4.78 is 15.1. The zero-order valence-corrected chi connectivity index (χ0v) is 14.5. The van der Waals surface area contributed by atoms with Crippen molar-refractivity contribution in [1.82, 2.24) is 4.57 Å². The van der Waals surface area contributed by atoms with Crippen LogP contribution in [0, 0.1) is 5.82 Å². The van der Waals surface area contributed by atoms with Crippen LogP contribution in [0.15, 0.2) is 45.8 Å². The Morgan fingerprint density at radius 2 is 2.05 bits per heavy atom. The van der Waals surface area contributed by atoms with E-state index in [1.54, 1.807) is 40.7 Å². The van der Waals surface area contributed by atoms with Crippen molar-refractivity contribution in [1.29, 1.82) is 0 Å². The smallest absolute Gasteiger partial charge is 0.265 e. The zero-order chi connectivity index (χ0) is 15.4. The predicted octanol–water partition coefficient (Wildman–Crippen LogP) is 4.75. The summed E-state index contributed by atoms with van der Waals surface area (Å²) in [5.74, 6) is 0.598. The Morgan fingerprint density at radius 1 is 1.38 bits per heavy atom. The number of thioether (sulfide) groups is 1. The molecule has 0 amide bonds. The van der Waals surface area contributed by atoms with Gasteiger partial charge in [0.1, 0.15) is 5.82 Å². The number of aromatic nitrogens is 1. The normalized spacial score (nSPS) is 12.4. The van der Waals surface area contributed by atoms with Crippen molar-refractivity contribution in [2.45, 2.75) is 12.5 Å². The molecule has 0 bridgehead atoms. The van der Waals surface area contributed by atoms with E-state index in [0.717, 1.165) is 17.7 Å². The molecule has 1 atom stereocenters. The number of hydrogen-bond donors (Lipinski definition) is 0. The summed E-state index contributed by atoms with van der Waals surface area (Å²) in [5.41, 5.74) is 0.747. The topological polar surface area (TPSA) is 22.0 Å². The van der Waals surface area contributed by atoms with E-state index in [2.05, 4.69) is 15.9 Å². The van der Waals surface area contributed by atoms with Gasteiger partial charge >= 0.3 is 0 Å². The molecule has 21 heavy (non-hydrogen) atoms. The third-order valence-electron chi connectivity index (χ3n) is 3.15. The average molecular weight is 391 g/mol. The summed E-state index contributed by atoms with van der Waals surface area (Å²) in [6.45, 7) is 0. The number of pyridine rings is 1. The minimum Gasteiger partial charge on any atom is -0.306 e. The maximum absolute atomic E-state index is 13.1. The third-order valence-corrected chi connectivity index (χ3v) is 4.57. The Kier molecular flexibility index (Phi) is 5.90. The molecule has 2 rings (SSSR count). The Bertz CT molecular complexity index is 674. The van der Waals surface area contributed by atoms with Crippen LogP contribution in [0.3, 0.4) is 0 Å². The van der Waals surface area contributed by atoms with Gasteiger partial charge in [0.25, 0.3) is 5.56 Å². The van der Waals surface area contributed by atoms with Crippen LogP contribution in [0.2, 0.25) is 5.02 Å². The number of hydrogen-bond acceptors (Lipinski definition) is 2. The van der Waals surface area contributed by atoms with Gasteiger partial charge in [-0.15, -0.1) is 0 Å². The summed E-state index contributed by atoms with van der Waals surface area (Å²) in [5, 5.41) is 0.484. The van der Waals surface area contributed by atoms with Crippen molar-refractivity contribution < 1.29 is 4.39 Å². The molecule has 0 aliphatic rings. The summed E-state index contributed by atoms with van der Waals surface area (Å²) in [6, 6.07) is 7.65. The molecule has 2 aromatic rings. The first-order valence-electron chi connectivity index (χ1n) is 6.34. The quantitative estimate of drug-likeness (QED) is 0.735. The lowest BCUT2D eigenvalue weighted by Gasteiger charge is -2.21. The van der Waals surface area contributed by atoms with E-state index < -0.39 is 0 Å². The monoisotopic (exact) mass is 389 g/mol. The van der Waals surface area contributed by atoms with Crippen molar-refractivity contribution in [3.8, 4) is 0 Å². The van der Waals surface area contributed by atoms with Crippen molar-refractivity contribution in [2.75, 3.05) is 12.0 Å². The van der Waals surface area contributed by atoms with Crippen molar-refractivity contribution in [2.24, 2.45) is 0 Å². The lowest BCUT2D eigenvalue weighted by atomic mass is 10.0. The summed E-state index contributed by atoms with van der Waals surface area (Å²) >= 11 is 11.0. The van der Waals surface area contributed by atoms with Gasteiger partial charge in [-0.05, 0) is 58.1 Å². The van der Waals surface area contributed by atoms with E-state index >= 15 is 0 Å². The van der Waals surface area contributed by atoms with Gasteiger partial charge in [-0.1, -0.05) is 23.7 Å². The lowest BCUT2D eigenvalue weighted by molar-refractivity contribution is 0.548. The van der Waals surface area contributed by atoms with Crippen LogP contribution < -0.4 is 5.56 Å². The molecule has 0 radical (unpaired) electrons. The molecular weight excluding hydrogens is 377 g/mol. The summed E-state index contributed by atoms with van der Waals surface area (Å²) in [6.07, 6.45) is 4.40. The van der Waals surface area contributed by atoms with Crippen LogP contribution in [0.25, 0.3) is 0 Å². The van der Waals surface area contributed by atoms with Gasteiger partial charge < -0.3 is 4.57 Å². The van der Waals surface area contributed by atoms with Gasteiger partial charge in [-0.25, -0.2) is 4.39 Å². The van der Waals surface area contributed by atoms with Gasteiger partial charge in [-0.2, -0.15) is 11.8 Å². The molecule has 0 saturated heterocycles. The van der Waals surface area contributed by atoms with E-state index in [-0.39, 0.29) is 17.4 Å². The van der Waals surface area contributed by atoms with Gasteiger partial charge in [-0.3, -0.25) is 4.79 Å². The second-order valence-corrected chi connectivity index (χ2v) is 6.84. The predicted molar refractivity (Wildman–Crippen MR) is 91.0 cm³/mol. The molecule has 6 heteroatoms. The third kappa shape index (κ3) is 4.11. The second kappa shape index (κ2) is 7.47. The van der Waals surface area contributed by atoms with Crippen LogP contribution in [-0.2, 0) is 0 Å². The summed E-state index contributed by atoms with van der Waals surface area (Å²) in [4.78, 5) is 12.3. The average Bonchev–Trinajstić information content (AvgIpc) is 2.46. The highest BCUT2D eigenvalue weighted by Gasteiger charge is 2.17. The number of rotatable bonds is 5. The van der Waals surface area contributed by atoms with Crippen LogP contribution in [-0.4, -0.2) is 16.6 Å². The Morgan fingerprint density at radius 3 is 2.67 bits per heavy atom. The summed E-state index contributed by atoms with van der Waals surface area (Å²) in [7, 11) is 0. The van der Waals surface area contributed by atoms with E-state index in [0.29, 0.717) is 9.50 Å². The number of benzene rings is 1. The van der Waals surface area contributed by atoms with Crippen molar-refractivity contribution in [3.05, 3.63) is 67.8 Å². The molecule has 1 aromatic carbocycles. The van der Waals surface area contributed by atoms with Gasteiger partial charge in [0.15, 0.2) is 0 Å². The number of nitrogens with zero attached hydrogens (tertiary/aromatic N) is 1. The SMILES string of the molecule is CSCCC(c1ccc(F)cc1)n1cc(Cl)cc(Br)c1=O. The highest BCUT2D eigenvalue weighted by atomic mass is 79.9. The Hall–Kier alpha value is -0.780. The minimum absolute atomic E-state index is 0.144. The lowest BCUT2D eigenvalue weighted by Crippen LogP contribution is -2.26. The molecule has 0 N–H and O–H groups in total. The second-order valence-electron chi connectivity index (χ2n) is 4.57. The molecule has 2 nitrogen and oxygen atoms in total. The van der Waals surface area contributed by atoms with Crippen LogP contribution in [0.4, 0.5) is 4.39 Å². The highest BCUT2D eigenvalue weighted by Crippen LogP contribution is 2.25. The van der Waals surface area contributed by atoms with Gasteiger partial charge in [0, 0.05) is 6.20 Å². The standard InChI is InChI=1S/C15H14BrClFNOS/c1-21-7-6-14(10-2-4-12(18)5-3-10)19-9-11(17)8-13(16)15(19)20/h2-5,8-9,14H,6-7H2,1H3. The Labute approximate surface area is 140 Å². The van der Waals surface area contributed by atoms with Crippen molar-refractivity contribution in [3.63, 3.8) is 0 Å². The molecule has 0 fully saturated rings. The fourth-order valence-electron chi connectivity index (χ4n) is 2.15. The highest BCUT2D eigenvalue weighted by molar-refractivity contribution is 9.10. The first kappa shape index (κ1) is 16.6. The Balaban J connectivity index is 2.50. The minimum atomic E-state index is -0.290. The molecular formula is C15H14BrClFNOS. The van der Waals surface area contributed by atoms with E-state index in [4.69, 9.17) is 11.6 Å².